The third-order valence-electron chi connectivity index (χ3n) is 5.84. The van der Waals surface area contributed by atoms with Gasteiger partial charge in [0.05, 0.1) is 5.92 Å². The van der Waals surface area contributed by atoms with Gasteiger partial charge in [-0.15, -0.1) is 10.2 Å². The Morgan fingerprint density at radius 1 is 1.25 bits per heavy atom. The summed E-state index contributed by atoms with van der Waals surface area (Å²) in [6.45, 7) is 2.70. The van der Waals surface area contributed by atoms with Gasteiger partial charge in [0.2, 0.25) is 16.9 Å². The van der Waals surface area contributed by atoms with Crippen LogP contribution in [-0.4, -0.2) is 39.5 Å². The fourth-order valence-corrected chi connectivity index (χ4v) is 5.10. The van der Waals surface area contributed by atoms with Crippen LogP contribution in [-0.2, 0) is 16.0 Å². The SMILES string of the molecule is C[C@H](Cc1nnc(NC(=O)[C@@H]2CC(=O)N(C3CCCC3)C2)s1)c1ccccc1. The summed E-state index contributed by atoms with van der Waals surface area (Å²) in [5, 5.41) is 12.7. The second kappa shape index (κ2) is 8.39. The van der Waals surface area contributed by atoms with Crippen molar-refractivity contribution < 1.29 is 9.59 Å². The van der Waals surface area contributed by atoms with Crippen molar-refractivity contribution in [3.8, 4) is 0 Å². The zero-order chi connectivity index (χ0) is 19.5. The van der Waals surface area contributed by atoms with Gasteiger partial charge in [0.1, 0.15) is 5.01 Å². The lowest BCUT2D eigenvalue weighted by atomic mass is 9.98. The minimum Gasteiger partial charge on any atom is -0.339 e. The Labute approximate surface area is 169 Å². The van der Waals surface area contributed by atoms with Crippen LogP contribution < -0.4 is 5.32 Å². The average Bonchev–Trinajstić information content (AvgIpc) is 3.44. The number of carbonyl (C=O) groups excluding carboxylic acids is 2. The topological polar surface area (TPSA) is 75.2 Å². The lowest BCUT2D eigenvalue weighted by Crippen LogP contribution is -2.35. The maximum Gasteiger partial charge on any atom is 0.231 e. The van der Waals surface area contributed by atoms with E-state index in [9.17, 15) is 9.59 Å². The zero-order valence-electron chi connectivity index (χ0n) is 16.1. The zero-order valence-corrected chi connectivity index (χ0v) is 17.0. The molecule has 1 aromatic heterocycles. The molecule has 0 bridgehead atoms. The molecule has 2 amide bonds. The molecule has 4 rings (SSSR count). The molecule has 0 spiro atoms. The van der Waals surface area contributed by atoms with E-state index in [1.54, 1.807) is 0 Å². The number of hydrogen-bond acceptors (Lipinski definition) is 5. The fraction of sp³-hybridized carbons (Fsp3) is 0.524. The van der Waals surface area contributed by atoms with Gasteiger partial charge >= 0.3 is 0 Å². The van der Waals surface area contributed by atoms with E-state index >= 15 is 0 Å². The molecule has 7 heteroatoms. The summed E-state index contributed by atoms with van der Waals surface area (Å²) in [6, 6.07) is 10.6. The Morgan fingerprint density at radius 2 is 2.00 bits per heavy atom. The number of nitrogens with zero attached hydrogens (tertiary/aromatic N) is 3. The third kappa shape index (κ3) is 4.24. The van der Waals surface area contributed by atoms with Crippen LogP contribution in [0.1, 0.15) is 55.5 Å². The first-order valence-electron chi connectivity index (χ1n) is 10.1. The molecule has 28 heavy (non-hydrogen) atoms. The van der Waals surface area contributed by atoms with Crippen molar-refractivity contribution in [3.05, 3.63) is 40.9 Å². The number of hydrogen-bond donors (Lipinski definition) is 1. The lowest BCUT2D eigenvalue weighted by molar-refractivity contribution is -0.129. The number of benzene rings is 1. The smallest absolute Gasteiger partial charge is 0.231 e. The van der Waals surface area contributed by atoms with Crippen molar-refractivity contribution in [3.63, 3.8) is 0 Å². The summed E-state index contributed by atoms with van der Waals surface area (Å²) in [6.07, 6.45) is 5.59. The summed E-state index contributed by atoms with van der Waals surface area (Å²) < 4.78 is 0. The molecule has 1 aliphatic heterocycles. The predicted octanol–water partition coefficient (Wildman–Crippen LogP) is 3.61. The molecule has 2 atom stereocenters. The Hall–Kier alpha value is -2.28. The van der Waals surface area contributed by atoms with Crippen LogP contribution in [0.3, 0.4) is 0 Å². The number of anilines is 1. The molecule has 0 radical (unpaired) electrons. The normalized spacial score (nSPS) is 21.2. The van der Waals surface area contributed by atoms with Crippen molar-refractivity contribution in [2.24, 2.45) is 5.92 Å². The molecule has 2 aromatic rings. The standard InChI is InChI=1S/C21H26N4O2S/c1-14(15-7-3-2-4-8-15)11-18-23-24-21(28-18)22-20(27)16-12-19(26)25(13-16)17-9-5-6-10-17/h2-4,7-8,14,16-17H,5-6,9-13H2,1H3,(H,22,24,27)/t14-,16-/m1/s1. The third-order valence-corrected chi connectivity index (χ3v) is 6.70. The molecule has 148 valence electrons. The Kier molecular flexibility index (Phi) is 5.71. The van der Waals surface area contributed by atoms with Crippen LogP contribution in [0.15, 0.2) is 30.3 Å². The number of carbonyl (C=O) groups is 2. The van der Waals surface area contributed by atoms with Crippen LogP contribution in [0.5, 0.6) is 0 Å². The van der Waals surface area contributed by atoms with Gasteiger partial charge in [-0.05, 0) is 24.3 Å². The quantitative estimate of drug-likeness (QED) is 0.806. The second-order valence-corrected chi connectivity index (χ2v) is 8.95. The van der Waals surface area contributed by atoms with E-state index in [-0.39, 0.29) is 17.7 Å². The number of rotatable bonds is 6. The molecule has 2 fully saturated rings. The van der Waals surface area contributed by atoms with Gasteiger partial charge in [-0.3, -0.25) is 9.59 Å². The monoisotopic (exact) mass is 398 g/mol. The van der Waals surface area contributed by atoms with Crippen molar-refractivity contribution in [1.29, 1.82) is 0 Å². The summed E-state index contributed by atoms with van der Waals surface area (Å²) >= 11 is 1.42. The van der Waals surface area contributed by atoms with Crippen LogP contribution in [0, 0.1) is 5.92 Å². The number of amides is 2. The van der Waals surface area contributed by atoms with Crippen LogP contribution in [0.25, 0.3) is 0 Å². The highest BCUT2D eigenvalue weighted by molar-refractivity contribution is 7.15. The number of aromatic nitrogens is 2. The van der Waals surface area contributed by atoms with E-state index in [0.717, 1.165) is 24.3 Å². The van der Waals surface area contributed by atoms with Gasteiger partial charge in [0.15, 0.2) is 0 Å². The highest BCUT2D eigenvalue weighted by Gasteiger charge is 2.38. The summed E-state index contributed by atoms with van der Waals surface area (Å²) in [5.74, 6) is 0.0446. The number of nitrogens with one attached hydrogen (secondary N) is 1. The molecule has 2 heterocycles. The van der Waals surface area contributed by atoms with E-state index in [1.165, 1.54) is 29.7 Å². The van der Waals surface area contributed by atoms with Gasteiger partial charge in [-0.2, -0.15) is 0 Å². The van der Waals surface area contributed by atoms with Crippen molar-refractivity contribution in [2.45, 2.75) is 57.4 Å². The Bertz CT molecular complexity index is 832. The highest BCUT2D eigenvalue weighted by Crippen LogP contribution is 2.30. The molecule has 6 nitrogen and oxygen atoms in total. The summed E-state index contributed by atoms with van der Waals surface area (Å²) in [7, 11) is 0. The van der Waals surface area contributed by atoms with Crippen LogP contribution >= 0.6 is 11.3 Å². The van der Waals surface area contributed by atoms with E-state index in [2.05, 4.69) is 34.6 Å². The van der Waals surface area contributed by atoms with Crippen molar-refractivity contribution in [1.82, 2.24) is 15.1 Å². The van der Waals surface area contributed by atoms with Gasteiger partial charge in [-0.1, -0.05) is 61.4 Å². The van der Waals surface area contributed by atoms with E-state index in [4.69, 9.17) is 0 Å². The molecule has 1 saturated heterocycles. The van der Waals surface area contributed by atoms with Gasteiger partial charge in [-0.25, -0.2) is 0 Å². The van der Waals surface area contributed by atoms with E-state index in [0.29, 0.717) is 30.1 Å². The van der Waals surface area contributed by atoms with Gasteiger partial charge < -0.3 is 10.2 Å². The molecule has 1 aromatic carbocycles. The highest BCUT2D eigenvalue weighted by atomic mass is 32.1. The summed E-state index contributed by atoms with van der Waals surface area (Å²) in [4.78, 5) is 26.9. The average molecular weight is 399 g/mol. The first-order chi connectivity index (χ1) is 13.6. The van der Waals surface area contributed by atoms with Crippen molar-refractivity contribution >= 4 is 28.3 Å². The maximum atomic E-state index is 12.6. The molecule has 1 aliphatic carbocycles. The fourth-order valence-electron chi connectivity index (χ4n) is 4.23. The maximum absolute atomic E-state index is 12.6. The van der Waals surface area contributed by atoms with E-state index in [1.807, 2.05) is 23.1 Å². The minimum absolute atomic E-state index is 0.113. The summed E-state index contributed by atoms with van der Waals surface area (Å²) in [5.41, 5.74) is 1.26. The van der Waals surface area contributed by atoms with Crippen LogP contribution in [0.4, 0.5) is 5.13 Å². The van der Waals surface area contributed by atoms with Crippen LogP contribution in [0.2, 0.25) is 0 Å². The van der Waals surface area contributed by atoms with Gasteiger partial charge in [0.25, 0.3) is 0 Å². The van der Waals surface area contributed by atoms with E-state index < -0.39 is 0 Å². The first kappa shape index (κ1) is 19.1. The first-order valence-corrected chi connectivity index (χ1v) is 10.9. The lowest BCUT2D eigenvalue weighted by Gasteiger charge is -2.23. The molecular formula is C21H26N4O2S. The largest absolute Gasteiger partial charge is 0.339 e. The molecule has 2 aliphatic rings. The molecule has 0 unspecified atom stereocenters. The minimum atomic E-state index is -0.288. The number of likely N-dealkylation sites (tertiary alicyclic amines) is 1. The van der Waals surface area contributed by atoms with Gasteiger partial charge in [0, 0.05) is 25.4 Å². The molecular weight excluding hydrogens is 372 g/mol. The predicted molar refractivity (Wildman–Crippen MR) is 109 cm³/mol. The van der Waals surface area contributed by atoms with Crippen molar-refractivity contribution in [2.75, 3.05) is 11.9 Å². The molecule has 1 saturated carbocycles. The second-order valence-electron chi connectivity index (χ2n) is 7.89. The Balaban J connectivity index is 1.32. The Morgan fingerprint density at radius 3 is 2.75 bits per heavy atom. The molecule has 1 N–H and O–H groups in total.